The molecule has 0 aliphatic rings. The first-order valence-corrected chi connectivity index (χ1v) is 5.68. The maximum Gasteiger partial charge on any atom is 0.309 e. The molecule has 0 radical (unpaired) electrons. The van der Waals surface area contributed by atoms with Crippen molar-refractivity contribution < 1.29 is 9.90 Å². The monoisotopic (exact) mass is 239 g/mol. The molecule has 0 saturated carbocycles. The predicted octanol–water partition coefficient (Wildman–Crippen LogP) is 1.51. The molecule has 1 N–H and O–H groups in total. The van der Waals surface area contributed by atoms with Crippen LogP contribution >= 0.6 is 11.3 Å². The Hall–Kier alpha value is -1.61. The Kier molecular flexibility index (Phi) is 4.26. The first-order chi connectivity index (χ1) is 7.54. The molecule has 1 heterocycles. The molecule has 86 valence electrons. The summed E-state index contributed by atoms with van der Waals surface area (Å²) < 4.78 is 0. The van der Waals surface area contributed by atoms with Gasteiger partial charge in [-0.25, -0.2) is 4.98 Å². The Morgan fingerprint density at radius 3 is 3.06 bits per heavy atom. The standard InChI is InChI=1S/C10H13N3O2S/c1-7(3-4-11)13(2)10-12-8(6-16-10)5-9(14)15/h6-7H,3,5H2,1-2H3,(H,14,15). The van der Waals surface area contributed by atoms with Crippen molar-refractivity contribution in [1.82, 2.24) is 4.98 Å². The highest BCUT2D eigenvalue weighted by molar-refractivity contribution is 7.13. The van der Waals surface area contributed by atoms with E-state index >= 15 is 0 Å². The Bertz CT molecular complexity index is 410. The van der Waals surface area contributed by atoms with Crippen LogP contribution in [0.1, 0.15) is 19.0 Å². The lowest BCUT2D eigenvalue weighted by atomic mass is 10.2. The van der Waals surface area contributed by atoms with Gasteiger partial charge in [-0.15, -0.1) is 11.3 Å². The number of carboxylic acids is 1. The molecule has 6 heteroatoms. The summed E-state index contributed by atoms with van der Waals surface area (Å²) in [6, 6.07) is 2.18. The van der Waals surface area contributed by atoms with Gasteiger partial charge in [-0.05, 0) is 6.92 Å². The SMILES string of the molecule is CC(CC#N)N(C)c1nc(CC(=O)O)cs1. The molecule has 16 heavy (non-hydrogen) atoms. The van der Waals surface area contributed by atoms with Crippen LogP contribution in [0.15, 0.2) is 5.38 Å². The van der Waals surface area contributed by atoms with E-state index in [1.807, 2.05) is 18.9 Å². The summed E-state index contributed by atoms with van der Waals surface area (Å²) in [4.78, 5) is 16.6. The van der Waals surface area contributed by atoms with Crippen molar-refractivity contribution in [3.05, 3.63) is 11.1 Å². The van der Waals surface area contributed by atoms with Crippen molar-refractivity contribution in [2.75, 3.05) is 11.9 Å². The molecular formula is C10H13N3O2S. The second kappa shape index (κ2) is 5.47. The van der Waals surface area contributed by atoms with Gasteiger partial charge in [-0.2, -0.15) is 5.26 Å². The fourth-order valence-corrected chi connectivity index (χ4v) is 2.05. The van der Waals surface area contributed by atoms with Crippen LogP contribution in [0.4, 0.5) is 5.13 Å². The molecule has 1 aromatic rings. The number of hydrogen-bond acceptors (Lipinski definition) is 5. The van der Waals surface area contributed by atoms with E-state index < -0.39 is 5.97 Å². The van der Waals surface area contributed by atoms with Crippen LogP contribution in [-0.2, 0) is 11.2 Å². The summed E-state index contributed by atoms with van der Waals surface area (Å²) in [6.07, 6.45) is 0.362. The number of anilines is 1. The Morgan fingerprint density at radius 2 is 2.50 bits per heavy atom. The fraction of sp³-hybridized carbons (Fsp3) is 0.500. The van der Waals surface area contributed by atoms with E-state index in [1.54, 1.807) is 5.38 Å². The van der Waals surface area contributed by atoms with E-state index in [1.165, 1.54) is 11.3 Å². The molecule has 0 aromatic carbocycles. The zero-order valence-electron chi connectivity index (χ0n) is 9.17. The molecule has 0 amide bonds. The van der Waals surface area contributed by atoms with Gasteiger partial charge < -0.3 is 10.0 Å². The summed E-state index contributed by atoms with van der Waals surface area (Å²) in [6.45, 7) is 1.93. The van der Waals surface area contributed by atoms with E-state index in [9.17, 15) is 4.79 Å². The second-order valence-corrected chi connectivity index (χ2v) is 4.35. The number of rotatable bonds is 5. The summed E-state index contributed by atoms with van der Waals surface area (Å²) in [7, 11) is 1.85. The predicted molar refractivity (Wildman–Crippen MR) is 61.5 cm³/mol. The summed E-state index contributed by atoms with van der Waals surface area (Å²) >= 11 is 1.40. The van der Waals surface area contributed by atoms with Crippen LogP contribution in [0.5, 0.6) is 0 Å². The van der Waals surface area contributed by atoms with Crippen LogP contribution in [0.25, 0.3) is 0 Å². The van der Waals surface area contributed by atoms with Crippen molar-refractivity contribution >= 4 is 22.4 Å². The van der Waals surface area contributed by atoms with Gasteiger partial charge in [-0.1, -0.05) is 0 Å². The van der Waals surface area contributed by atoms with Crippen molar-refractivity contribution in [1.29, 1.82) is 5.26 Å². The average Bonchev–Trinajstić information content (AvgIpc) is 2.64. The van der Waals surface area contributed by atoms with E-state index in [0.29, 0.717) is 12.1 Å². The number of aliphatic carboxylic acids is 1. The maximum atomic E-state index is 10.5. The molecular weight excluding hydrogens is 226 g/mol. The Balaban J connectivity index is 2.70. The Labute approximate surface area is 98.0 Å². The minimum Gasteiger partial charge on any atom is -0.481 e. The summed E-state index contributed by atoms with van der Waals surface area (Å²) in [5, 5.41) is 19.7. The van der Waals surface area contributed by atoms with Crippen molar-refractivity contribution in [3.63, 3.8) is 0 Å². The number of carbonyl (C=O) groups is 1. The lowest BCUT2D eigenvalue weighted by Gasteiger charge is -2.21. The number of nitrogens with zero attached hydrogens (tertiary/aromatic N) is 3. The largest absolute Gasteiger partial charge is 0.481 e. The molecule has 0 saturated heterocycles. The number of aromatic nitrogens is 1. The van der Waals surface area contributed by atoms with E-state index in [-0.39, 0.29) is 12.5 Å². The molecule has 1 atom stereocenters. The zero-order valence-corrected chi connectivity index (χ0v) is 9.99. The topological polar surface area (TPSA) is 77.2 Å². The number of carboxylic acid groups (broad SMARTS) is 1. The smallest absolute Gasteiger partial charge is 0.309 e. The minimum absolute atomic E-state index is 0.0586. The number of nitriles is 1. The van der Waals surface area contributed by atoms with Gasteiger partial charge >= 0.3 is 5.97 Å². The molecule has 0 bridgehead atoms. The Morgan fingerprint density at radius 1 is 1.81 bits per heavy atom. The van der Waals surface area contributed by atoms with Crippen LogP contribution in [0, 0.1) is 11.3 Å². The maximum absolute atomic E-state index is 10.5. The molecule has 0 spiro atoms. The van der Waals surface area contributed by atoms with E-state index in [4.69, 9.17) is 10.4 Å². The minimum atomic E-state index is -0.885. The molecule has 1 unspecified atom stereocenters. The average molecular weight is 239 g/mol. The fourth-order valence-electron chi connectivity index (χ4n) is 1.15. The third-order valence-electron chi connectivity index (χ3n) is 2.22. The highest BCUT2D eigenvalue weighted by Crippen LogP contribution is 2.22. The summed E-state index contributed by atoms with van der Waals surface area (Å²) in [5.74, 6) is -0.885. The van der Waals surface area contributed by atoms with E-state index in [2.05, 4.69) is 11.1 Å². The normalized spacial score (nSPS) is 11.8. The van der Waals surface area contributed by atoms with Gasteiger partial charge in [0.15, 0.2) is 5.13 Å². The highest BCUT2D eigenvalue weighted by atomic mass is 32.1. The second-order valence-electron chi connectivity index (χ2n) is 3.51. The van der Waals surface area contributed by atoms with Gasteiger partial charge in [0, 0.05) is 18.5 Å². The van der Waals surface area contributed by atoms with Crippen molar-refractivity contribution in [3.8, 4) is 6.07 Å². The van der Waals surface area contributed by atoms with Crippen LogP contribution in [-0.4, -0.2) is 29.1 Å². The van der Waals surface area contributed by atoms with Gasteiger partial charge in [0.2, 0.25) is 0 Å². The molecule has 0 aliphatic carbocycles. The van der Waals surface area contributed by atoms with Crippen LogP contribution < -0.4 is 4.90 Å². The quantitative estimate of drug-likeness (QED) is 0.842. The van der Waals surface area contributed by atoms with Gasteiger partial charge in [0.25, 0.3) is 0 Å². The third kappa shape index (κ3) is 3.21. The number of hydrogen-bond donors (Lipinski definition) is 1. The molecule has 0 fully saturated rings. The van der Waals surface area contributed by atoms with E-state index in [0.717, 1.165) is 5.13 Å². The molecule has 5 nitrogen and oxygen atoms in total. The zero-order chi connectivity index (χ0) is 12.1. The third-order valence-corrected chi connectivity index (χ3v) is 3.20. The molecule has 0 aliphatic heterocycles. The van der Waals surface area contributed by atoms with Crippen molar-refractivity contribution in [2.24, 2.45) is 0 Å². The van der Waals surface area contributed by atoms with Crippen LogP contribution in [0.3, 0.4) is 0 Å². The van der Waals surface area contributed by atoms with Crippen LogP contribution in [0.2, 0.25) is 0 Å². The number of thiazole rings is 1. The first kappa shape index (κ1) is 12.5. The van der Waals surface area contributed by atoms with Gasteiger partial charge in [-0.3, -0.25) is 4.79 Å². The summed E-state index contributed by atoms with van der Waals surface area (Å²) in [5.41, 5.74) is 0.559. The highest BCUT2D eigenvalue weighted by Gasteiger charge is 2.14. The van der Waals surface area contributed by atoms with Crippen molar-refractivity contribution in [2.45, 2.75) is 25.8 Å². The molecule has 1 rings (SSSR count). The lowest BCUT2D eigenvalue weighted by molar-refractivity contribution is -0.136. The van der Waals surface area contributed by atoms with Gasteiger partial charge in [0.1, 0.15) is 0 Å². The van der Waals surface area contributed by atoms with Gasteiger partial charge in [0.05, 0.1) is 24.6 Å². The first-order valence-electron chi connectivity index (χ1n) is 4.80. The molecule has 1 aromatic heterocycles. The lowest BCUT2D eigenvalue weighted by Crippen LogP contribution is -2.28.